The van der Waals surface area contributed by atoms with Crippen LogP contribution in [0.25, 0.3) is 0 Å². The molecule has 1 heterocycles. The summed E-state index contributed by atoms with van der Waals surface area (Å²) in [5.41, 5.74) is 2.57. The number of ketones is 1. The number of amides is 1. The van der Waals surface area contributed by atoms with Gasteiger partial charge in [-0.3, -0.25) is 9.59 Å². The Morgan fingerprint density at radius 1 is 0.930 bits per heavy atom. The van der Waals surface area contributed by atoms with E-state index in [4.69, 9.17) is 9.90 Å². The summed E-state index contributed by atoms with van der Waals surface area (Å²) in [7, 11) is -3.84. The van der Waals surface area contributed by atoms with Gasteiger partial charge in [0, 0.05) is 37.2 Å². The van der Waals surface area contributed by atoms with Crippen molar-refractivity contribution in [1.29, 1.82) is 0 Å². The lowest BCUT2D eigenvalue weighted by molar-refractivity contribution is -0.192. The Morgan fingerprint density at radius 2 is 1.49 bits per heavy atom. The van der Waals surface area contributed by atoms with Crippen molar-refractivity contribution in [1.82, 2.24) is 15.4 Å². The van der Waals surface area contributed by atoms with Crippen LogP contribution in [0.3, 0.4) is 0 Å². The maximum absolute atomic E-state index is 13.1. The van der Waals surface area contributed by atoms with Crippen molar-refractivity contribution in [3.05, 3.63) is 102 Å². The molecule has 13 heteroatoms. The molecule has 0 aromatic heterocycles. The first-order valence-corrected chi connectivity index (χ1v) is 14.8. The molecule has 0 unspecified atom stereocenters. The third-order valence-corrected chi connectivity index (χ3v) is 8.24. The van der Waals surface area contributed by atoms with Crippen LogP contribution in [0.5, 0.6) is 0 Å². The van der Waals surface area contributed by atoms with Gasteiger partial charge in [-0.1, -0.05) is 72.8 Å². The van der Waals surface area contributed by atoms with Gasteiger partial charge in [-0.2, -0.15) is 13.2 Å². The van der Waals surface area contributed by atoms with E-state index in [0.29, 0.717) is 31.6 Å². The third-order valence-electron chi connectivity index (χ3n) is 6.72. The first-order chi connectivity index (χ1) is 20.3. The molecule has 4 N–H and O–H groups in total. The molecule has 43 heavy (non-hydrogen) atoms. The van der Waals surface area contributed by atoms with Crippen LogP contribution >= 0.6 is 0 Å². The minimum Gasteiger partial charge on any atom is -0.475 e. The SMILES string of the molecule is CC(=O)c1cccc(S(=O)(=O)N[C@H]2CNC[C@@H](C(=O)NCC(c3ccccc3)c3ccccc3)C2)c1.O=C(O)C(F)(F)F. The molecular weight excluding hydrogens is 587 g/mol. The van der Waals surface area contributed by atoms with E-state index in [2.05, 4.69) is 39.6 Å². The van der Waals surface area contributed by atoms with Crippen LogP contribution < -0.4 is 15.4 Å². The standard InChI is InChI=1S/C28H31N3O4S.C2HF3O2/c1-20(32)23-13-8-14-26(16-23)36(34,35)31-25-15-24(17-29-18-25)28(33)30-19-27(21-9-4-2-5-10-21)22-11-6-3-7-12-22;3-2(4,5)1(6)7/h2-14,16,24-25,27,29,31H,15,17-19H2,1H3,(H,30,33);(H,6,7)/t24-,25+;/m0./s1. The van der Waals surface area contributed by atoms with E-state index in [1.807, 2.05) is 36.4 Å². The number of carbonyl (C=O) groups is 3. The number of carboxylic acid groups (broad SMARTS) is 1. The molecule has 4 rings (SSSR count). The third kappa shape index (κ3) is 10.0. The molecule has 1 aliphatic heterocycles. The van der Waals surface area contributed by atoms with Crippen LogP contribution in [0.1, 0.15) is 40.7 Å². The molecule has 3 aromatic carbocycles. The lowest BCUT2D eigenvalue weighted by Gasteiger charge is -2.30. The average Bonchev–Trinajstić information content (AvgIpc) is 2.98. The van der Waals surface area contributed by atoms with Crippen molar-refractivity contribution >= 4 is 27.7 Å². The summed E-state index contributed by atoms with van der Waals surface area (Å²) >= 11 is 0. The number of sulfonamides is 1. The highest BCUT2D eigenvalue weighted by atomic mass is 32.2. The van der Waals surface area contributed by atoms with E-state index in [0.717, 1.165) is 11.1 Å². The number of benzene rings is 3. The quantitative estimate of drug-likeness (QED) is 0.268. The van der Waals surface area contributed by atoms with Gasteiger partial charge >= 0.3 is 12.1 Å². The van der Waals surface area contributed by atoms with E-state index in [1.165, 1.54) is 19.1 Å². The number of carboxylic acids is 1. The topological polar surface area (TPSA) is 142 Å². The van der Waals surface area contributed by atoms with Gasteiger partial charge < -0.3 is 15.7 Å². The number of hydrogen-bond donors (Lipinski definition) is 4. The van der Waals surface area contributed by atoms with Gasteiger partial charge in [0.2, 0.25) is 15.9 Å². The summed E-state index contributed by atoms with van der Waals surface area (Å²) < 4.78 is 60.3. The van der Waals surface area contributed by atoms with E-state index >= 15 is 0 Å². The van der Waals surface area contributed by atoms with Crippen LogP contribution in [-0.4, -0.2) is 63.0 Å². The number of carbonyl (C=O) groups excluding carboxylic acids is 2. The summed E-state index contributed by atoms with van der Waals surface area (Å²) in [6.45, 7) is 2.74. The number of Topliss-reactive ketones (excluding diaryl/α,β-unsaturated/α-hetero) is 1. The zero-order valence-electron chi connectivity index (χ0n) is 23.2. The highest BCUT2D eigenvalue weighted by Gasteiger charge is 2.38. The number of halogens is 3. The molecule has 1 saturated heterocycles. The normalized spacial score (nSPS) is 17.0. The van der Waals surface area contributed by atoms with Gasteiger partial charge in [-0.15, -0.1) is 0 Å². The second-order valence-corrected chi connectivity index (χ2v) is 11.6. The maximum Gasteiger partial charge on any atom is 0.490 e. The lowest BCUT2D eigenvalue weighted by atomic mass is 9.90. The van der Waals surface area contributed by atoms with Gasteiger partial charge in [-0.05, 0) is 36.6 Å². The average molecular weight is 620 g/mol. The molecule has 0 bridgehead atoms. The summed E-state index contributed by atoms with van der Waals surface area (Å²) in [5, 5.41) is 13.4. The van der Waals surface area contributed by atoms with Gasteiger partial charge in [0.1, 0.15) is 0 Å². The van der Waals surface area contributed by atoms with Crippen molar-refractivity contribution in [2.75, 3.05) is 19.6 Å². The lowest BCUT2D eigenvalue weighted by Crippen LogP contribution is -2.52. The van der Waals surface area contributed by atoms with E-state index in [-0.39, 0.29) is 28.4 Å². The van der Waals surface area contributed by atoms with Gasteiger partial charge in [0.15, 0.2) is 5.78 Å². The molecule has 1 fully saturated rings. The van der Waals surface area contributed by atoms with Crippen LogP contribution in [0.4, 0.5) is 13.2 Å². The Bertz CT molecular complexity index is 1460. The fraction of sp³-hybridized carbons (Fsp3) is 0.300. The van der Waals surface area contributed by atoms with Gasteiger partial charge in [-0.25, -0.2) is 17.9 Å². The number of rotatable bonds is 9. The predicted molar refractivity (Wildman–Crippen MR) is 153 cm³/mol. The Balaban J connectivity index is 0.000000646. The molecule has 1 amide bonds. The number of piperidine rings is 1. The van der Waals surface area contributed by atoms with Crippen LogP contribution in [0.2, 0.25) is 0 Å². The van der Waals surface area contributed by atoms with Crippen molar-refractivity contribution in [3.8, 4) is 0 Å². The molecule has 0 spiro atoms. The first kappa shape index (κ1) is 33.4. The molecule has 0 aliphatic carbocycles. The van der Waals surface area contributed by atoms with Crippen molar-refractivity contribution in [2.24, 2.45) is 5.92 Å². The van der Waals surface area contributed by atoms with Crippen LogP contribution in [0.15, 0.2) is 89.8 Å². The molecule has 2 atom stereocenters. The molecule has 9 nitrogen and oxygen atoms in total. The van der Waals surface area contributed by atoms with Crippen molar-refractivity contribution in [3.63, 3.8) is 0 Å². The van der Waals surface area contributed by atoms with Crippen molar-refractivity contribution < 1.29 is 41.1 Å². The van der Waals surface area contributed by atoms with Gasteiger partial charge in [0.05, 0.1) is 10.8 Å². The first-order valence-electron chi connectivity index (χ1n) is 13.3. The maximum atomic E-state index is 13.1. The second-order valence-electron chi connectivity index (χ2n) is 9.92. The molecule has 1 aliphatic rings. The number of nitrogens with one attached hydrogen (secondary N) is 3. The molecule has 230 valence electrons. The zero-order chi connectivity index (χ0) is 31.6. The number of hydrogen-bond acceptors (Lipinski definition) is 6. The zero-order valence-corrected chi connectivity index (χ0v) is 24.0. The fourth-order valence-corrected chi connectivity index (χ4v) is 5.84. The Labute approximate surface area is 247 Å². The highest BCUT2D eigenvalue weighted by Crippen LogP contribution is 2.24. The monoisotopic (exact) mass is 619 g/mol. The summed E-state index contributed by atoms with van der Waals surface area (Å²) in [4.78, 5) is 33.7. The van der Waals surface area contributed by atoms with E-state index in [1.54, 1.807) is 12.1 Å². The number of aliphatic carboxylic acids is 1. The fourth-order valence-electron chi connectivity index (χ4n) is 4.55. The summed E-state index contributed by atoms with van der Waals surface area (Å²) in [6.07, 6.45) is -4.70. The van der Waals surface area contributed by atoms with Gasteiger partial charge in [0.25, 0.3) is 0 Å². The summed E-state index contributed by atoms with van der Waals surface area (Å²) in [6, 6.07) is 25.6. The largest absolute Gasteiger partial charge is 0.490 e. The minimum absolute atomic E-state index is 0.00996. The van der Waals surface area contributed by atoms with Crippen LogP contribution in [-0.2, 0) is 19.6 Å². The van der Waals surface area contributed by atoms with Crippen molar-refractivity contribution in [2.45, 2.75) is 36.4 Å². The Morgan fingerprint density at radius 3 is 2.00 bits per heavy atom. The van der Waals surface area contributed by atoms with E-state index in [9.17, 15) is 31.2 Å². The molecule has 3 aromatic rings. The molecule has 0 saturated carbocycles. The minimum atomic E-state index is -5.08. The Kier molecular flexibility index (Phi) is 11.6. The Hall–Kier alpha value is -4.07. The predicted octanol–water partition coefficient (Wildman–Crippen LogP) is 3.73. The number of alkyl halides is 3. The highest BCUT2D eigenvalue weighted by molar-refractivity contribution is 7.89. The summed E-state index contributed by atoms with van der Waals surface area (Å²) in [5.74, 6) is -3.43. The smallest absolute Gasteiger partial charge is 0.475 e. The molecule has 0 radical (unpaired) electrons. The van der Waals surface area contributed by atoms with Crippen LogP contribution in [0, 0.1) is 5.92 Å². The second kappa shape index (κ2) is 14.9. The molecular formula is C30H32F3N3O6S. The van der Waals surface area contributed by atoms with E-state index < -0.39 is 28.2 Å².